The molecule has 98 valence electrons. The lowest BCUT2D eigenvalue weighted by molar-refractivity contribution is -0.121. The molecule has 0 unspecified atom stereocenters. The van der Waals surface area contributed by atoms with Gasteiger partial charge in [-0.05, 0) is 31.0 Å². The van der Waals surface area contributed by atoms with Gasteiger partial charge in [0.05, 0.1) is 0 Å². The van der Waals surface area contributed by atoms with Crippen LogP contribution in [-0.4, -0.2) is 23.6 Å². The first-order valence-electron chi connectivity index (χ1n) is 6.12. The van der Waals surface area contributed by atoms with E-state index < -0.39 is 0 Å². The van der Waals surface area contributed by atoms with Crippen molar-refractivity contribution in [1.82, 2.24) is 10.6 Å². The summed E-state index contributed by atoms with van der Waals surface area (Å²) in [4.78, 5) is 11.4. The Labute approximate surface area is 111 Å². The predicted molar refractivity (Wildman–Crippen MR) is 70.6 cm³/mol. The van der Waals surface area contributed by atoms with Crippen molar-refractivity contribution in [2.24, 2.45) is 0 Å². The summed E-state index contributed by atoms with van der Waals surface area (Å²) >= 11 is 5.84. The number of rotatable bonds is 6. The lowest BCUT2D eigenvalue weighted by Gasteiger charge is -2.07. The molecular weight excluding hydrogens is 252 g/mol. The van der Waals surface area contributed by atoms with Crippen molar-refractivity contribution in [1.29, 1.82) is 0 Å². The predicted octanol–water partition coefficient (Wildman–Crippen LogP) is 1.80. The molecule has 0 heterocycles. The highest BCUT2D eigenvalue weighted by Gasteiger charge is 2.22. The van der Waals surface area contributed by atoms with E-state index in [9.17, 15) is 9.90 Å². The minimum atomic E-state index is 0.0836. The van der Waals surface area contributed by atoms with Crippen molar-refractivity contribution in [3.8, 4) is 5.75 Å². The summed E-state index contributed by atoms with van der Waals surface area (Å²) in [6.07, 6.45) is 2.67. The van der Waals surface area contributed by atoms with Gasteiger partial charge >= 0.3 is 0 Å². The second kappa shape index (κ2) is 6.07. The molecule has 1 aliphatic rings. The molecular formula is C13H17ClN2O2. The van der Waals surface area contributed by atoms with E-state index in [1.54, 1.807) is 18.2 Å². The minimum absolute atomic E-state index is 0.0836. The van der Waals surface area contributed by atoms with E-state index in [-0.39, 0.29) is 11.7 Å². The summed E-state index contributed by atoms with van der Waals surface area (Å²) in [5, 5.41) is 16.2. The molecule has 18 heavy (non-hydrogen) atoms. The highest BCUT2D eigenvalue weighted by atomic mass is 35.5. The highest BCUT2D eigenvalue weighted by Crippen LogP contribution is 2.21. The first-order chi connectivity index (χ1) is 8.65. The molecule has 0 bridgehead atoms. The average Bonchev–Trinajstić information content (AvgIpc) is 3.13. The number of aromatic hydroxyl groups is 1. The molecule has 1 saturated carbocycles. The highest BCUT2D eigenvalue weighted by molar-refractivity contribution is 6.30. The first kappa shape index (κ1) is 13.2. The molecule has 1 aromatic rings. The Kier molecular flexibility index (Phi) is 4.44. The van der Waals surface area contributed by atoms with Crippen LogP contribution >= 0.6 is 11.6 Å². The Balaban J connectivity index is 1.67. The molecule has 0 radical (unpaired) electrons. The van der Waals surface area contributed by atoms with Gasteiger partial charge in [0.25, 0.3) is 0 Å². The molecule has 3 N–H and O–H groups in total. The maximum absolute atomic E-state index is 11.4. The number of carbonyl (C=O) groups excluding carboxylic acids is 1. The molecule has 5 heteroatoms. The van der Waals surface area contributed by atoms with Crippen molar-refractivity contribution in [2.75, 3.05) is 6.54 Å². The van der Waals surface area contributed by atoms with Crippen LogP contribution in [0.15, 0.2) is 18.2 Å². The molecule has 1 aliphatic carbocycles. The molecule has 0 aliphatic heterocycles. The van der Waals surface area contributed by atoms with Gasteiger partial charge in [-0.2, -0.15) is 0 Å². The number of nitrogens with one attached hydrogen (secondary N) is 2. The van der Waals surface area contributed by atoms with Crippen LogP contribution in [0.5, 0.6) is 5.75 Å². The second-order valence-corrected chi connectivity index (χ2v) is 4.98. The number of carbonyl (C=O) groups is 1. The summed E-state index contributed by atoms with van der Waals surface area (Å²) < 4.78 is 0. The lowest BCUT2D eigenvalue weighted by Crippen LogP contribution is -2.29. The largest absolute Gasteiger partial charge is 0.508 e. The van der Waals surface area contributed by atoms with Crippen molar-refractivity contribution < 1.29 is 9.90 Å². The van der Waals surface area contributed by atoms with Gasteiger partial charge in [-0.3, -0.25) is 4.79 Å². The van der Waals surface area contributed by atoms with Gasteiger partial charge in [0.1, 0.15) is 5.75 Å². The van der Waals surface area contributed by atoms with E-state index in [0.717, 1.165) is 18.4 Å². The molecule has 2 rings (SSSR count). The van der Waals surface area contributed by atoms with Crippen LogP contribution in [0, 0.1) is 0 Å². The topological polar surface area (TPSA) is 61.4 Å². The number of halogens is 1. The van der Waals surface area contributed by atoms with Crippen LogP contribution in [0.25, 0.3) is 0 Å². The van der Waals surface area contributed by atoms with Crippen LogP contribution in [0.4, 0.5) is 0 Å². The van der Waals surface area contributed by atoms with Crippen molar-refractivity contribution >= 4 is 17.5 Å². The van der Waals surface area contributed by atoms with Crippen LogP contribution in [0.2, 0.25) is 5.02 Å². The van der Waals surface area contributed by atoms with Crippen molar-refractivity contribution in [3.63, 3.8) is 0 Å². The van der Waals surface area contributed by atoms with E-state index in [1.807, 2.05) is 0 Å². The number of benzene rings is 1. The molecule has 1 amide bonds. The quantitative estimate of drug-likeness (QED) is 0.690. The van der Waals surface area contributed by atoms with Crippen LogP contribution in [0.3, 0.4) is 0 Å². The molecule has 1 aromatic carbocycles. The molecule has 0 atom stereocenters. The standard InChI is InChI=1S/C13H17ClN2O2/c14-10-1-4-12(17)9(7-10)8-15-6-5-13(18)16-11-2-3-11/h1,4,7,11,15,17H,2-3,5-6,8H2,(H,16,18). The maximum Gasteiger partial charge on any atom is 0.221 e. The summed E-state index contributed by atoms with van der Waals surface area (Å²) in [5.74, 6) is 0.301. The summed E-state index contributed by atoms with van der Waals surface area (Å²) in [5.41, 5.74) is 0.741. The third-order valence-electron chi connectivity index (χ3n) is 2.83. The second-order valence-electron chi connectivity index (χ2n) is 4.54. The molecule has 0 aromatic heterocycles. The van der Waals surface area contributed by atoms with Crippen molar-refractivity contribution in [3.05, 3.63) is 28.8 Å². The average molecular weight is 269 g/mol. The molecule has 1 fully saturated rings. The Morgan fingerprint density at radius 3 is 2.94 bits per heavy atom. The van der Waals surface area contributed by atoms with Gasteiger partial charge in [0.2, 0.25) is 5.91 Å². The van der Waals surface area contributed by atoms with E-state index in [2.05, 4.69) is 10.6 Å². The Morgan fingerprint density at radius 1 is 1.44 bits per heavy atom. The third-order valence-corrected chi connectivity index (χ3v) is 3.06. The normalized spacial score (nSPS) is 14.5. The number of hydrogen-bond donors (Lipinski definition) is 3. The van der Waals surface area contributed by atoms with Crippen molar-refractivity contribution in [2.45, 2.75) is 31.8 Å². The van der Waals surface area contributed by atoms with Gasteiger partial charge in [-0.15, -0.1) is 0 Å². The molecule has 0 saturated heterocycles. The number of phenolic OH excluding ortho intramolecular Hbond substituents is 1. The van der Waals surface area contributed by atoms with Crippen LogP contribution < -0.4 is 10.6 Å². The van der Waals surface area contributed by atoms with Crippen LogP contribution in [-0.2, 0) is 11.3 Å². The van der Waals surface area contributed by atoms with Gasteiger partial charge in [0, 0.05) is 36.1 Å². The number of amides is 1. The van der Waals surface area contributed by atoms with Gasteiger partial charge in [0.15, 0.2) is 0 Å². The fraction of sp³-hybridized carbons (Fsp3) is 0.462. The summed E-state index contributed by atoms with van der Waals surface area (Å²) in [7, 11) is 0. The van der Waals surface area contributed by atoms with Crippen LogP contribution in [0.1, 0.15) is 24.8 Å². The zero-order valence-corrected chi connectivity index (χ0v) is 10.8. The number of hydrogen-bond acceptors (Lipinski definition) is 3. The first-order valence-corrected chi connectivity index (χ1v) is 6.50. The van der Waals surface area contributed by atoms with Gasteiger partial charge in [-0.1, -0.05) is 11.6 Å². The number of phenols is 1. The Hall–Kier alpha value is -1.26. The Bertz CT molecular complexity index is 433. The Morgan fingerprint density at radius 2 is 2.22 bits per heavy atom. The van der Waals surface area contributed by atoms with E-state index >= 15 is 0 Å². The van der Waals surface area contributed by atoms with Gasteiger partial charge < -0.3 is 15.7 Å². The summed E-state index contributed by atoms with van der Waals surface area (Å²) in [6, 6.07) is 5.34. The van der Waals surface area contributed by atoms with Gasteiger partial charge in [-0.25, -0.2) is 0 Å². The summed E-state index contributed by atoms with van der Waals surface area (Å²) in [6.45, 7) is 1.09. The van der Waals surface area contributed by atoms with E-state index in [4.69, 9.17) is 11.6 Å². The molecule has 4 nitrogen and oxygen atoms in total. The van der Waals surface area contributed by atoms with E-state index in [0.29, 0.717) is 30.6 Å². The lowest BCUT2D eigenvalue weighted by atomic mass is 10.2. The fourth-order valence-electron chi connectivity index (χ4n) is 1.65. The SMILES string of the molecule is O=C(CCNCc1cc(Cl)ccc1O)NC1CC1. The monoisotopic (exact) mass is 268 g/mol. The smallest absolute Gasteiger partial charge is 0.221 e. The molecule has 0 spiro atoms. The third kappa shape index (κ3) is 4.20. The van der Waals surface area contributed by atoms with E-state index in [1.165, 1.54) is 0 Å². The fourth-order valence-corrected chi connectivity index (χ4v) is 1.84. The zero-order chi connectivity index (χ0) is 13.0. The maximum atomic E-state index is 11.4. The minimum Gasteiger partial charge on any atom is -0.508 e. The zero-order valence-electron chi connectivity index (χ0n) is 10.1.